The van der Waals surface area contributed by atoms with Gasteiger partial charge in [-0.25, -0.2) is 0 Å². The van der Waals surface area contributed by atoms with E-state index >= 15 is 0 Å². The van der Waals surface area contributed by atoms with Crippen LogP contribution in [0.15, 0.2) is 48.5 Å². The molecule has 0 bridgehead atoms. The zero-order valence-electron chi connectivity index (χ0n) is 22.5. The molecule has 0 aliphatic carbocycles. The molecule has 1 amide bonds. The van der Waals surface area contributed by atoms with Crippen LogP contribution in [0.5, 0.6) is 11.5 Å². The molecule has 1 saturated heterocycles. The van der Waals surface area contributed by atoms with Crippen molar-refractivity contribution in [3.63, 3.8) is 0 Å². The minimum Gasteiger partial charge on any atom is -0.493 e. The molecule has 1 aliphatic rings. The van der Waals surface area contributed by atoms with Crippen LogP contribution >= 0.6 is 0 Å². The molecule has 2 aromatic carbocycles. The topological polar surface area (TPSA) is 77.5 Å². The molecule has 3 atom stereocenters. The van der Waals surface area contributed by atoms with Gasteiger partial charge >= 0.3 is 0 Å². The summed E-state index contributed by atoms with van der Waals surface area (Å²) in [5.41, 5.74) is 1.22. The summed E-state index contributed by atoms with van der Waals surface area (Å²) in [4.78, 5) is 14.8. The van der Waals surface area contributed by atoms with Crippen LogP contribution in [0.1, 0.15) is 51.2 Å². The van der Waals surface area contributed by atoms with E-state index < -0.39 is 11.5 Å². The van der Waals surface area contributed by atoms with Crippen molar-refractivity contribution in [1.29, 1.82) is 0 Å². The van der Waals surface area contributed by atoms with Gasteiger partial charge in [0.15, 0.2) is 11.5 Å². The number of amides is 1. The lowest BCUT2D eigenvalue weighted by molar-refractivity contribution is -0.136. The summed E-state index contributed by atoms with van der Waals surface area (Å²) in [5, 5.41) is 10.8. The monoisotopic (exact) mass is 499 g/mol. The van der Waals surface area contributed by atoms with Gasteiger partial charge in [-0.2, -0.15) is 0 Å². The molecule has 0 radical (unpaired) electrons. The maximum absolute atomic E-state index is 13.0. The minimum atomic E-state index is -0.612. The number of rotatable bonds is 12. The Hall–Kier alpha value is -2.61. The van der Waals surface area contributed by atoms with Crippen LogP contribution in [-0.4, -0.2) is 68.1 Å². The van der Waals surface area contributed by atoms with Crippen molar-refractivity contribution in [2.24, 2.45) is 5.41 Å². The van der Waals surface area contributed by atoms with Gasteiger partial charge in [-0.1, -0.05) is 43.3 Å². The second kappa shape index (κ2) is 12.1. The first-order chi connectivity index (χ1) is 17.1. The largest absolute Gasteiger partial charge is 0.493 e. The Bertz CT molecular complexity index is 993. The van der Waals surface area contributed by atoms with Crippen LogP contribution in [0, 0.1) is 5.41 Å². The fourth-order valence-corrected chi connectivity index (χ4v) is 4.57. The van der Waals surface area contributed by atoms with Crippen LogP contribution in [-0.2, 0) is 20.9 Å². The average molecular weight is 500 g/mol. The standard InChI is InChI=1S/C29H41NO6/c1-21(31)29(4)20-30(27(32)19-35-18-22-10-8-7-9-11-22)17-24(29)23-12-13-25(33-5)26(16-23)36-15-14-28(2,3)34-6/h7-13,16,21,24,31H,14-15,17-20H2,1-6H3. The summed E-state index contributed by atoms with van der Waals surface area (Å²) in [5.74, 6) is 1.14. The third kappa shape index (κ3) is 6.78. The third-order valence-corrected chi connectivity index (χ3v) is 7.48. The van der Waals surface area contributed by atoms with E-state index in [1.165, 1.54) is 0 Å². The van der Waals surface area contributed by atoms with Gasteiger partial charge < -0.3 is 29.0 Å². The van der Waals surface area contributed by atoms with E-state index in [0.717, 1.165) is 17.5 Å². The van der Waals surface area contributed by atoms with E-state index in [0.29, 0.717) is 37.8 Å². The lowest BCUT2D eigenvalue weighted by Gasteiger charge is -2.34. The van der Waals surface area contributed by atoms with E-state index in [9.17, 15) is 9.90 Å². The highest BCUT2D eigenvalue weighted by molar-refractivity contribution is 5.78. The summed E-state index contributed by atoms with van der Waals surface area (Å²) >= 11 is 0. The first-order valence-electron chi connectivity index (χ1n) is 12.5. The molecule has 1 N–H and O–H groups in total. The van der Waals surface area contributed by atoms with Crippen molar-refractivity contribution in [2.45, 2.75) is 58.3 Å². The number of benzene rings is 2. The number of ether oxygens (including phenoxy) is 4. The predicted octanol–water partition coefficient (Wildman–Crippen LogP) is 4.42. The van der Waals surface area contributed by atoms with Gasteiger partial charge in [0.2, 0.25) is 5.91 Å². The van der Waals surface area contributed by atoms with Gasteiger partial charge in [-0.15, -0.1) is 0 Å². The summed E-state index contributed by atoms with van der Waals surface area (Å²) < 4.78 is 22.8. The zero-order valence-corrected chi connectivity index (χ0v) is 22.5. The first-order valence-corrected chi connectivity index (χ1v) is 12.5. The molecule has 2 aromatic rings. The Morgan fingerprint density at radius 2 is 1.89 bits per heavy atom. The van der Waals surface area contributed by atoms with Gasteiger partial charge in [-0.05, 0) is 44.0 Å². The van der Waals surface area contributed by atoms with Crippen molar-refractivity contribution in [3.8, 4) is 11.5 Å². The van der Waals surface area contributed by atoms with Gasteiger partial charge in [-0.3, -0.25) is 4.79 Å². The number of methoxy groups -OCH3 is 2. The van der Waals surface area contributed by atoms with Crippen molar-refractivity contribution >= 4 is 5.91 Å². The van der Waals surface area contributed by atoms with Crippen molar-refractivity contribution < 1.29 is 28.8 Å². The summed E-state index contributed by atoms with van der Waals surface area (Å²) in [7, 11) is 3.31. The molecule has 0 spiro atoms. The van der Waals surface area contributed by atoms with Crippen LogP contribution in [0.3, 0.4) is 0 Å². The lowest BCUT2D eigenvalue weighted by atomic mass is 9.72. The highest BCUT2D eigenvalue weighted by Gasteiger charge is 2.48. The highest BCUT2D eigenvalue weighted by atomic mass is 16.5. The minimum absolute atomic E-state index is 0.00373. The smallest absolute Gasteiger partial charge is 0.248 e. The van der Waals surface area contributed by atoms with E-state index in [2.05, 4.69) is 0 Å². The fraction of sp³-hybridized carbons (Fsp3) is 0.552. The van der Waals surface area contributed by atoms with Gasteiger partial charge in [0.05, 0.1) is 32.0 Å². The van der Waals surface area contributed by atoms with Gasteiger partial charge in [0.25, 0.3) is 0 Å². The number of hydrogen-bond acceptors (Lipinski definition) is 6. The van der Waals surface area contributed by atoms with Crippen LogP contribution in [0.25, 0.3) is 0 Å². The predicted molar refractivity (Wildman–Crippen MR) is 139 cm³/mol. The van der Waals surface area contributed by atoms with Crippen molar-refractivity contribution in [1.82, 2.24) is 4.90 Å². The molecule has 7 nitrogen and oxygen atoms in total. The fourth-order valence-electron chi connectivity index (χ4n) is 4.57. The molecule has 1 heterocycles. The highest BCUT2D eigenvalue weighted by Crippen LogP contribution is 2.46. The maximum Gasteiger partial charge on any atom is 0.248 e. The van der Waals surface area contributed by atoms with Crippen LogP contribution in [0.4, 0.5) is 0 Å². The van der Waals surface area contributed by atoms with Gasteiger partial charge in [0, 0.05) is 38.0 Å². The first kappa shape index (κ1) is 28.0. The molecule has 0 saturated carbocycles. The summed E-state index contributed by atoms with van der Waals surface area (Å²) in [6, 6.07) is 15.7. The Balaban J connectivity index is 1.72. The zero-order chi connectivity index (χ0) is 26.3. The SMILES string of the molecule is COc1ccc(C2CN(C(=O)COCc3ccccc3)CC2(C)C(C)O)cc1OCCC(C)(C)OC. The normalized spacial score (nSPS) is 20.9. The molecule has 3 rings (SSSR count). The molecule has 1 fully saturated rings. The molecule has 0 aromatic heterocycles. The molecule has 1 aliphatic heterocycles. The van der Waals surface area contributed by atoms with E-state index in [-0.39, 0.29) is 24.0 Å². The summed E-state index contributed by atoms with van der Waals surface area (Å²) in [6.07, 6.45) is 0.108. The lowest BCUT2D eigenvalue weighted by Crippen LogP contribution is -2.38. The number of carbonyl (C=O) groups excluding carboxylic acids is 1. The van der Waals surface area contributed by atoms with Crippen LogP contribution in [0.2, 0.25) is 0 Å². The molecule has 3 unspecified atom stereocenters. The molecular formula is C29H41NO6. The number of nitrogens with zero attached hydrogens (tertiary/aromatic N) is 1. The number of likely N-dealkylation sites (tertiary alicyclic amines) is 1. The Morgan fingerprint density at radius 1 is 1.17 bits per heavy atom. The average Bonchev–Trinajstić information content (AvgIpc) is 3.23. The van der Waals surface area contributed by atoms with Crippen molar-refractivity contribution in [3.05, 3.63) is 59.7 Å². The Morgan fingerprint density at radius 3 is 2.53 bits per heavy atom. The number of carbonyl (C=O) groups is 1. The van der Waals surface area contributed by atoms with E-state index in [1.807, 2.05) is 69.3 Å². The Labute approximate surface area is 215 Å². The van der Waals surface area contributed by atoms with E-state index in [1.54, 1.807) is 26.0 Å². The molecular weight excluding hydrogens is 458 g/mol. The second-order valence-electron chi connectivity index (χ2n) is 10.5. The van der Waals surface area contributed by atoms with E-state index in [4.69, 9.17) is 18.9 Å². The second-order valence-corrected chi connectivity index (χ2v) is 10.5. The maximum atomic E-state index is 13.0. The molecule has 36 heavy (non-hydrogen) atoms. The van der Waals surface area contributed by atoms with Crippen molar-refractivity contribution in [2.75, 3.05) is 40.5 Å². The number of aliphatic hydroxyl groups excluding tert-OH is 1. The quantitative estimate of drug-likeness (QED) is 0.466. The Kier molecular flexibility index (Phi) is 9.39. The number of hydrogen-bond donors (Lipinski definition) is 1. The number of aliphatic hydroxyl groups is 1. The van der Waals surface area contributed by atoms with Crippen LogP contribution < -0.4 is 9.47 Å². The molecule has 198 valence electrons. The third-order valence-electron chi connectivity index (χ3n) is 7.48. The molecule has 7 heteroatoms. The summed E-state index contributed by atoms with van der Waals surface area (Å²) in [6.45, 7) is 9.68. The van der Waals surface area contributed by atoms with Gasteiger partial charge in [0.1, 0.15) is 6.61 Å².